The molecule has 0 spiro atoms. The molecule has 4 nitrogen and oxygen atoms in total. The van der Waals surface area contributed by atoms with Crippen molar-refractivity contribution in [3.63, 3.8) is 0 Å². The molecular weight excluding hydrogens is 284 g/mol. The highest BCUT2D eigenvalue weighted by Crippen LogP contribution is 2.27. The van der Waals surface area contributed by atoms with E-state index >= 15 is 0 Å². The predicted molar refractivity (Wildman–Crippen MR) is 87.4 cm³/mol. The third kappa shape index (κ3) is 4.64. The number of thioether (sulfide) groups is 1. The van der Waals surface area contributed by atoms with Crippen LogP contribution in [0.15, 0.2) is 30.3 Å². The summed E-state index contributed by atoms with van der Waals surface area (Å²) in [6.07, 6.45) is 0.740. The van der Waals surface area contributed by atoms with Crippen molar-refractivity contribution in [2.24, 2.45) is 5.92 Å². The summed E-state index contributed by atoms with van der Waals surface area (Å²) >= 11 is 1.73. The minimum absolute atomic E-state index is 0.0289. The van der Waals surface area contributed by atoms with Gasteiger partial charge in [0.1, 0.15) is 0 Å². The lowest BCUT2D eigenvalue weighted by Gasteiger charge is -2.25. The van der Waals surface area contributed by atoms with E-state index in [0.29, 0.717) is 18.2 Å². The van der Waals surface area contributed by atoms with Crippen molar-refractivity contribution < 1.29 is 9.90 Å². The fourth-order valence-electron chi connectivity index (χ4n) is 2.47. The summed E-state index contributed by atoms with van der Waals surface area (Å²) < 4.78 is 0. The van der Waals surface area contributed by atoms with Gasteiger partial charge in [-0.15, -0.1) is 0 Å². The molecule has 1 aliphatic heterocycles. The Labute approximate surface area is 130 Å². The van der Waals surface area contributed by atoms with Gasteiger partial charge in [0.05, 0.1) is 11.6 Å². The third-order valence-electron chi connectivity index (χ3n) is 3.77. The minimum Gasteiger partial charge on any atom is -0.387 e. The van der Waals surface area contributed by atoms with Crippen molar-refractivity contribution in [1.29, 1.82) is 0 Å². The maximum atomic E-state index is 12.1. The van der Waals surface area contributed by atoms with Crippen LogP contribution in [0.2, 0.25) is 0 Å². The molecule has 3 N–H and O–H groups in total. The lowest BCUT2D eigenvalue weighted by Crippen LogP contribution is -2.47. The van der Waals surface area contributed by atoms with Gasteiger partial charge in [0, 0.05) is 12.3 Å². The van der Waals surface area contributed by atoms with Crippen LogP contribution < -0.4 is 10.6 Å². The Bertz CT molecular complexity index is 459. The fourth-order valence-corrected chi connectivity index (χ4v) is 3.76. The third-order valence-corrected chi connectivity index (χ3v) is 5.01. The summed E-state index contributed by atoms with van der Waals surface area (Å²) in [5.74, 6) is 1.95. The molecule has 1 aliphatic rings. The topological polar surface area (TPSA) is 61.4 Å². The molecule has 1 heterocycles. The van der Waals surface area contributed by atoms with E-state index in [1.807, 2.05) is 30.3 Å². The van der Waals surface area contributed by atoms with Crippen LogP contribution in [0.1, 0.15) is 31.9 Å². The van der Waals surface area contributed by atoms with Gasteiger partial charge in [0.25, 0.3) is 0 Å². The highest BCUT2D eigenvalue weighted by Gasteiger charge is 2.32. The molecule has 0 aromatic heterocycles. The Kier molecular flexibility index (Phi) is 5.53. The molecule has 2 amide bonds. The fraction of sp³-hybridized carbons (Fsp3) is 0.562. The Hall–Kier alpha value is -1.20. The van der Waals surface area contributed by atoms with Gasteiger partial charge in [-0.25, -0.2) is 4.79 Å². The summed E-state index contributed by atoms with van der Waals surface area (Å²) in [5, 5.41) is 16.0. The number of amides is 2. The van der Waals surface area contributed by atoms with Crippen molar-refractivity contribution >= 4 is 17.8 Å². The molecule has 1 saturated heterocycles. The smallest absolute Gasteiger partial charge is 0.315 e. The maximum absolute atomic E-state index is 12.1. The second-order valence-electron chi connectivity index (χ2n) is 5.99. The molecule has 0 aliphatic carbocycles. The molecule has 116 valence electrons. The number of hydrogen-bond acceptors (Lipinski definition) is 3. The van der Waals surface area contributed by atoms with Gasteiger partial charge in [-0.1, -0.05) is 44.2 Å². The molecule has 2 atom stereocenters. The van der Waals surface area contributed by atoms with Crippen molar-refractivity contribution in [1.82, 2.24) is 10.6 Å². The Balaban J connectivity index is 1.90. The summed E-state index contributed by atoms with van der Waals surface area (Å²) in [4.78, 5) is 12.1. The van der Waals surface area contributed by atoms with E-state index in [-0.39, 0.29) is 12.1 Å². The number of rotatable bonds is 5. The molecule has 1 aromatic rings. The van der Waals surface area contributed by atoms with E-state index in [2.05, 4.69) is 24.5 Å². The molecule has 0 saturated carbocycles. The zero-order valence-electron chi connectivity index (χ0n) is 12.6. The first-order chi connectivity index (χ1) is 10.0. The van der Waals surface area contributed by atoms with Crippen LogP contribution >= 0.6 is 11.8 Å². The van der Waals surface area contributed by atoms with Crippen LogP contribution in [-0.2, 0) is 0 Å². The SMILES string of the molecule is CC(C)C(NC(=O)NCC1(O)CCSC1)c1ccccc1. The monoisotopic (exact) mass is 308 g/mol. The Morgan fingerprint density at radius 2 is 2.10 bits per heavy atom. The summed E-state index contributed by atoms with van der Waals surface area (Å²) in [6.45, 7) is 4.48. The molecule has 5 heteroatoms. The summed E-state index contributed by atoms with van der Waals surface area (Å²) in [5.41, 5.74) is 0.347. The minimum atomic E-state index is -0.748. The van der Waals surface area contributed by atoms with Gasteiger partial charge in [0.2, 0.25) is 0 Å². The molecule has 0 radical (unpaired) electrons. The van der Waals surface area contributed by atoms with Gasteiger partial charge in [0.15, 0.2) is 0 Å². The maximum Gasteiger partial charge on any atom is 0.315 e. The summed E-state index contributed by atoms with van der Waals surface area (Å²) in [6, 6.07) is 9.71. The van der Waals surface area contributed by atoms with Crippen molar-refractivity contribution in [2.45, 2.75) is 31.9 Å². The van der Waals surface area contributed by atoms with E-state index in [1.54, 1.807) is 11.8 Å². The second-order valence-corrected chi connectivity index (χ2v) is 7.09. The van der Waals surface area contributed by atoms with Crippen LogP contribution in [-0.4, -0.2) is 34.8 Å². The van der Waals surface area contributed by atoms with Crippen molar-refractivity contribution in [3.05, 3.63) is 35.9 Å². The first kappa shape index (κ1) is 16.2. The highest BCUT2D eigenvalue weighted by atomic mass is 32.2. The van der Waals surface area contributed by atoms with Gasteiger partial charge in [-0.3, -0.25) is 0 Å². The average Bonchev–Trinajstić information content (AvgIpc) is 2.90. The normalized spacial score (nSPS) is 23.0. The molecule has 0 bridgehead atoms. The van der Waals surface area contributed by atoms with Crippen molar-refractivity contribution in [3.8, 4) is 0 Å². The number of aliphatic hydroxyl groups is 1. The first-order valence-electron chi connectivity index (χ1n) is 7.40. The van der Waals surface area contributed by atoms with E-state index in [0.717, 1.165) is 17.7 Å². The van der Waals surface area contributed by atoms with E-state index < -0.39 is 5.60 Å². The Morgan fingerprint density at radius 3 is 2.67 bits per heavy atom. The average molecular weight is 308 g/mol. The van der Waals surface area contributed by atoms with E-state index in [9.17, 15) is 9.90 Å². The van der Waals surface area contributed by atoms with E-state index in [4.69, 9.17) is 0 Å². The van der Waals surface area contributed by atoms with Crippen LogP contribution in [0.3, 0.4) is 0 Å². The molecule has 1 aromatic carbocycles. The number of nitrogens with one attached hydrogen (secondary N) is 2. The molecule has 21 heavy (non-hydrogen) atoms. The first-order valence-corrected chi connectivity index (χ1v) is 8.55. The van der Waals surface area contributed by atoms with Gasteiger partial charge < -0.3 is 15.7 Å². The van der Waals surface area contributed by atoms with E-state index in [1.165, 1.54) is 0 Å². The molecule has 2 rings (SSSR count). The van der Waals surface area contributed by atoms with Gasteiger partial charge in [-0.2, -0.15) is 11.8 Å². The van der Waals surface area contributed by atoms with Crippen LogP contribution in [0.5, 0.6) is 0 Å². The second kappa shape index (κ2) is 7.18. The Morgan fingerprint density at radius 1 is 1.38 bits per heavy atom. The number of carbonyl (C=O) groups excluding carboxylic acids is 1. The number of benzene rings is 1. The number of carbonyl (C=O) groups is 1. The van der Waals surface area contributed by atoms with Crippen LogP contribution in [0.25, 0.3) is 0 Å². The molecule has 2 unspecified atom stereocenters. The highest BCUT2D eigenvalue weighted by molar-refractivity contribution is 7.99. The summed E-state index contributed by atoms with van der Waals surface area (Å²) in [7, 11) is 0. The quantitative estimate of drug-likeness (QED) is 0.783. The number of urea groups is 1. The number of hydrogen-bond donors (Lipinski definition) is 3. The van der Waals surface area contributed by atoms with Crippen molar-refractivity contribution in [2.75, 3.05) is 18.1 Å². The largest absolute Gasteiger partial charge is 0.387 e. The lowest BCUT2D eigenvalue weighted by molar-refractivity contribution is 0.0698. The van der Waals surface area contributed by atoms with Gasteiger partial charge >= 0.3 is 6.03 Å². The molecule has 1 fully saturated rings. The van der Waals surface area contributed by atoms with Crippen LogP contribution in [0.4, 0.5) is 4.79 Å². The van der Waals surface area contributed by atoms with Crippen LogP contribution in [0, 0.1) is 5.92 Å². The zero-order chi connectivity index (χ0) is 15.3. The standard InChI is InChI=1S/C16H24N2O2S/c1-12(2)14(13-6-4-3-5-7-13)18-15(19)17-10-16(20)8-9-21-11-16/h3-7,12,14,20H,8-11H2,1-2H3,(H2,17,18,19). The van der Waals surface area contributed by atoms with Gasteiger partial charge in [-0.05, 0) is 23.7 Å². The zero-order valence-corrected chi connectivity index (χ0v) is 13.5. The lowest BCUT2D eigenvalue weighted by atomic mass is 9.96. The predicted octanol–water partition coefficient (Wildman–Crippen LogP) is 2.55. The molecular formula is C16H24N2O2S.